The third-order valence-electron chi connectivity index (χ3n) is 3.63. The molecule has 0 bridgehead atoms. The van der Waals surface area contributed by atoms with Gasteiger partial charge in [-0.1, -0.05) is 17.3 Å². The van der Waals surface area contributed by atoms with Gasteiger partial charge in [-0.25, -0.2) is 4.98 Å². The zero-order chi connectivity index (χ0) is 14.9. The number of aryl methyl sites for hydroxylation is 1. The molecule has 0 atom stereocenters. The Morgan fingerprint density at radius 1 is 1.14 bits per heavy atom. The fourth-order valence-corrected chi connectivity index (χ4v) is 2.62. The molecule has 0 radical (unpaired) electrons. The van der Waals surface area contributed by atoms with E-state index in [1.165, 1.54) is 0 Å². The lowest BCUT2D eigenvalue weighted by Gasteiger charge is -2.11. The maximum absolute atomic E-state index is 4.53. The van der Waals surface area contributed by atoms with Gasteiger partial charge in [0, 0.05) is 29.5 Å². The van der Waals surface area contributed by atoms with Crippen LogP contribution in [0, 0.1) is 6.92 Å². The number of H-pyrrole nitrogens is 1. The Labute approximate surface area is 126 Å². The van der Waals surface area contributed by atoms with E-state index in [-0.39, 0.29) is 0 Å². The second kappa shape index (κ2) is 5.03. The average Bonchev–Trinajstić information content (AvgIpc) is 3.20. The van der Waals surface area contributed by atoms with E-state index < -0.39 is 0 Å². The fourth-order valence-electron chi connectivity index (χ4n) is 2.62. The smallest absolute Gasteiger partial charge is 0.194 e. The van der Waals surface area contributed by atoms with Gasteiger partial charge in [0.15, 0.2) is 5.82 Å². The summed E-state index contributed by atoms with van der Waals surface area (Å²) in [4.78, 5) is 8.95. The Bertz CT molecular complexity index is 924. The average molecular weight is 291 g/mol. The van der Waals surface area contributed by atoms with Gasteiger partial charge in [0.25, 0.3) is 0 Å². The van der Waals surface area contributed by atoms with Crippen LogP contribution in [0.25, 0.3) is 22.3 Å². The summed E-state index contributed by atoms with van der Waals surface area (Å²) < 4.78 is 2.01. The number of nitrogens with zero attached hydrogens (tertiary/aromatic N) is 6. The highest BCUT2D eigenvalue weighted by Crippen LogP contribution is 2.30. The minimum absolute atomic E-state index is 0.516. The molecule has 4 rings (SSSR count). The van der Waals surface area contributed by atoms with Gasteiger partial charge in [0.05, 0.1) is 12.1 Å². The lowest BCUT2D eigenvalue weighted by Crippen LogP contribution is -2.04. The van der Waals surface area contributed by atoms with Crippen LogP contribution in [-0.2, 0) is 6.54 Å². The SMILES string of the molecule is Cc1ccc2ncccc2c1-c1nccn1Cc1nn[nH]n1. The van der Waals surface area contributed by atoms with Crippen LogP contribution in [0.1, 0.15) is 11.4 Å². The summed E-state index contributed by atoms with van der Waals surface area (Å²) >= 11 is 0. The van der Waals surface area contributed by atoms with E-state index in [1.54, 1.807) is 12.4 Å². The molecular formula is C15H13N7. The molecule has 22 heavy (non-hydrogen) atoms. The lowest BCUT2D eigenvalue weighted by molar-refractivity contribution is 0.753. The standard InChI is InChI=1S/C15H13N7/c1-10-4-5-12-11(3-2-6-16-12)14(10)15-17-7-8-22(15)9-13-18-20-21-19-13/h2-8H,9H2,1H3,(H,18,19,20,21). The van der Waals surface area contributed by atoms with Crippen molar-refractivity contribution in [2.75, 3.05) is 0 Å². The number of hydrogen-bond donors (Lipinski definition) is 1. The van der Waals surface area contributed by atoms with E-state index in [2.05, 4.69) is 49.6 Å². The summed E-state index contributed by atoms with van der Waals surface area (Å²) in [7, 11) is 0. The molecule has 1 N–H and O–H groups in total. The van der Waals surface area contributed by atoms with Gasteiger partial charge in [0.1, 0.15) is 5.82 Å². The first-order valence-corrected chi connectivity index (χ1v) is 6.91. The molecule has 0 spiro atoms. The highest BCUT2D eigenvalue weighted by molar-refractivity contribution is 5.94. The van der Waals surface area contributed by atoms with Crippen molar-refractivity contribution in [1.29, 1.82) is 0 Å². The molecule has 108 valence electrons. The zero-order valence-corrected chi connectivity index (χ0v) is 11.9. The maximum atomic E-state index is 4.53. The van der Waals surface area contributed by atoms with E-state index in [0.29, 0.717) is 12.4 Å². The van der Waals surface area contributed by atoms with Crippen LogP contribution in [0.5, 0.6) is 0 Å². The first-order chi connectivity index (χ1) is 10.8. The third kappa shape index (κ3) is 2.03. The monoisotopic (exact) mass is 291 g/mol. The molecule has 3 heterocycles. The number of nitrogens with one attached hydrogen (secondary N) is 1. The zero-order valence-electron chi connectivity index (χ0n) is 11.9. The molecule has 4 aromatic rings. The number of hydrogen-bond acceptors (Lipinski definition) is 5. The molecule has 0 aliphatic carbocycles. The first kappa shape index (κ1) is 12.6. The van der Waals surface area contributed by atoms with Gasteiger partial charge in [-0.2, -0.15) is 5.21 Å². The van der Waals surface area contributed by atoms with Crippen molar-refractivity contribution in [1.82, 2.24) is 35.2 Å². The van der Waals surface area contributed by atoms with E-state index >= 15 is 0 Å². The molecule has 1 aromatic carbocycles. The summed E-state index contributed by atoms with van der Waals surface area (Å²) in [5.41, 5.74) is 3.19. The van der Waals surface area contributed by atoms with Gasteiger partial charge in [-0.15, -0.1) is 10.2 Å². The Balaban J connectivity index is 1.90. The van der Waals surface area contributed by atoms with Crippen LogP contribution in [-0.4, -0.2) is 35.2 Å². The van der Waals surface area contributed by atoms with Crippen molar-refractivity contribution in [2.24, 2.45) is 0 Å². The van der Waals surface area contributed by atoms with Crippen molar-refractivity contribution in [3.05, 3.63) is 54.2 Å². The second-order valence-electron chi connectivity index (χ2n) is 5.03. The van der Waals surface area contributed by atoms with E-state index in [9.17, 15) is 0 Å². The number of rotatable bonds is 3. The summed E-state index contributed by atoms with van der Waals surface area (Å²) in [5, 5.41) is 15.2. The van der Waals surface area contributed by atoms with Gasteiger partial charge >= 0.3 is 0 Å². The number of pyridine rings is 1. The van der Waals surface area contributed by atoms with Crippen LogP contribution in [0.4, 0.5) is 0 Å². The van der Waals surface area contributed by atoms with Crippen molar-refractivity contribution in [3.63, 3.8) is 0 Å². The van der Waals surface area contributed by atoms with Gasteiger partial charge in [-0.05, 0) is 24.6 Å². The van der Waals surface area contributed by atoms with Crippen LogP contribution in [0.2, 0.25) is 0 Å². The van der Waals surface area contributed by atoms with Crippen molar-refractivity contribution < 1.29 is 0 Å². The largest absolute Gasteiger partial charge is 0.323 e. The Morgan fingerprint density at radius 2 is 2.09 bits per heavy atom. The topological polar surface area (TPSA) is 85.2 Å². The molecule has 3 aromatic heterocycles. The second-order valence-corrected chi connectivity index (χ2v) is 5.03. The van der Waals surface area contributed by atoms with Crippen molar-refractivity contribution in [3.8, 4) is 11.4 Å². The number of aromatic amines is 1. The highest BCUT2D eigenvalue weighted by atomic mass is 15.5. The van der Waals surface area contributed by atoms with Crippen molar-refractivity contribution in [2.45, 2.75) is 13.5 Å². The molecule has 0 saturated heterocycles. The Hall–Kier alpha value is -3.09. The number of fused-ring (bicyclic) bond motifs is 1. The van der Waals surface area contributed by atoms with E-state index in [1.807, 2.05) is 22.9 Å². The van der Waals surface area contributed by atoms with Gasteiger partial charge < -0.3 is 4.57 Å². The summed E-state index contributed by atoms with van der Waals surface area (Å²) in [6.07, 6.45) is 5.50. The Morgan fingerprint density at radius 3 is 2.95 bits per heavy atom. The number of aromatic nitrogens is 7. The van der Waals surface area contributed by atoms with Gasteiger partial charge in [0.2, 0.25) is 0 Å². The van der Waals surface area contributed by atoms with Crippen molar-refractivity contribution >= 4 is 10.9 Å². The van der Waals surface area contributed by atoms with Crippen LogP contribution in [0.3, 0.4) is 0 Å². The van der Waals surface area contributed by atoms with Crippen LogP contribution in [0.15, 0.2) is 42.9 Å². The summed E-state index contributed by atoms with van der Waals surface area (Å²) in [5.74, 6) is 1.50. The predicted octanol–water partition coefficient (Wildman–Crippen LogP) is 1.97. The van der Waals surface area contributed by atoms with E-state index in [4.69, 9.17) is 0 Å². The highest BCUT2D eigenvalue weighted by Gasteiger charge is 2.14. The third-order valence-corrected chi connectivity index (χ3v) is 3.63. The molecule has 7 heteroatoms. The minimum atomic E-state index is 0.516. The Kier molecular flexibility index (Phi) is 2.89. The summed E-state index contributed by atoms with van der Waals surface area (Å²) in [6.45, 7) is 2.59. The first-order valence-electron chi connectivity index (χ1n) is 6.91. The molecule has 7 nitrogen and oxygen atoms in total. The molecular weight excluding hydrogens is 278 g/mol. The molecule has 0 amide bonds. The molecule has 0 aliphatic heterocycles. The van der Waals surface area contributed by atoms with Crippen LogP contribution < -0.4 is 0 Å². The molecule has 0 saturated carbocycles. The predicted molar refractivity (Wildman–Crippen MR) is 81.0 cm³/mol. The molecule has 0 aliphatic rings. The molecule has 0 fully saturated rings. The number of tetrazole rings is 1. The number of imidazole rings is 1. The molecule has 0 unspecified atom stereocenters. The van der Waals surface area contributed by atoms with Crippen LogP contribution >= 0.6 is 0 Å². The van der Waals surface area contributed by atoms with E-state index in [0.717, 1.165) is 27.9 Å². The minimum Gasteiger partial charge on any atom is -0.323 e. The quantitative estimate of drug-likeness (QED) is 0.623. The lowest BCUT2D eigenvalue weighted by atomic mass is 10.0. The number of benzene rings is 1. The van der Waals surface area contributed by atoms with Gasteiger partial charge in [-0.3, -0.25) is 4.98 Å². The maximum Gasteiger partial charge on any atom is 0.194 e. The normalized spacial score (nSPS) is 11.1. The summed E-state index contributed by atoms with van der Waals surface area (Å²) in [6, 6.07) is 8.11. The fraction of sp³-hybridized carbons (Fsp3) is 0.133.